The summed E-state index contributed by atoms with van der Waals surface area (Å²) >= 11 is 5.39. The second-order valence-corrected chi connectivity index (χ2v) is 5.55. The quantitative estimate of drug-likeness (QED) is 0.618. The molecule has 0 bridgehead atoms. The number of esters is 1. The normalized spacial score (nSPS) is 11.7. The molecule has 1 aromatic rings. The molecular weight excluding hydrogens is 286 g/mol. The van der Waals surface area contributed by atoms with Gasteiger partial charge in [-0.3, -0.25) is 4.79 Å². The van der Waals surface area contributed by atoms with E-state index in [0.717, 1.165) is 16.8 Å². The van der Waals surface area contributed by atoms with Crippen LogP contribution in [0.3, 0.4) is 0 Å². The van der Waals surface area contributed by atoms with E-state index in [4.69, 9.17) is 17.0 Å². The Morgan fingerprint density at radius 2 is 1.81 bits per heavy atom. The van der Waals surface area contributed by atoms with Crippen molar-refractivity contribution in [2.45, 2.75) is 40.2 Å². The third-order valence-electron chi connectivity index (χ3n) is 3.28. The van der Waals surface area contributed by atoms with E-state index in [2.05, 4.69) is 0 Å². The van der Waals surface area contributed by atoms with Crippen molar-refractivity contribution in [3.8, 4) is 0 Å². The number of rotatable bonds is 5. The van der Waals surface area contributed by atoms with Crippen LogP contribution in [0.1, 0.15) is 31.4 Å². The molecule has 0 amide bonds. The summed E-state index contributed by atoms with van der Waals surface area (Å²) in [5.41, 5.74) is 2.86. The molecule has 0 aliphatic rings. The molecule has 0 saturated heterocycles. The molecule has 0 saturated carbocycles. The van der Waals surface area contributed by atoms with Crippen LogP contribution < -0.4 is 4.90 Å². The molecule has 0 aliphatic carbocycles. The van der Waals surface area contributed by atoms with Crippen molar-refractivity contribution in [2.75, 3.05) is 12.0 Å². The fourth-order valence-electron chi connectivity index (χ4n) is 2.29. The number of ketones is 1. The molecule has 0 radical (unpaired) electrons. The molecule has 0 heterocycles. The van der Waals surface area contributed by atoms with Crippen molar-refractivity contribution in [1.82, 2.24) is 0 Å². The first-order chi connectivity index (χ1) is 9.79. The molecule has 0 aromatic heterocycles. The Bertz CT molecular complexity index is 548. The van der Waals surface area contributed by atoms with E-state index < -0.39 is 6.04 Å². The molecule has 4 nitrogen and oxygen atoms in total. The lowest BCUT2D eigenvalue weighted by Gasteiger charge is -2.32. The number of ether oxygens (including phenoxy) is 1. The standard InChI is InChI=1S/C16H21NO3S/c1-10-7-6-8-11(2)15(10)17(13(4)16(19)20-5)14(21)9-12(3)18/h6-8,13H,9H2,1-5H3. The maximum Gasteiger partial charge on any atom is 0.328 e. The van der Waals surface area contributed by atoms with Crippen molar-refractivity contribution in [2.24, 2.45) is 0 Å². The van der Waals surface area contributed by atoms with Gasteiger partial charge in [-0.1, -0.05) is 30.4 Å². The van der Waals surface area contributed by atoms with Crippen molar-refractivity contribution in [1.29, 1.82) is 0 Å². The van der Waals surface area contributed by atoms with Gasteiger partial charge in [0.15, 0.2) is 0 Å². The molecule has 0 spiro atoms. The summed E-state index contributed by atoms with van der Waals surface area (Å²) in [7, 11) is 1.34. The summed E-state index contributed by atoms with van der Waals surface area (Å²) in [5, 5.41) is 0. The van der Waals surface area contributed by atoms with Gasteiger partial charge in [0.25, 0.3) is 0 Å². The first kappa shape index (κ1) is 17.3. The molecule has 21 heavy (non-hydrogen) atoms. The van der Waals surface area contributed by atoms with Crippen LogP contribution in [0.5, 0.6) is 0 Å². The van der Waals surface area contributed by atoms with Crippen LogP contribution in [0.15, 0.2) is 18.2 Å². The highest BCUT2D eigenvalue weighted by Gasteiger charge is 2.28. The molecule has 1 rings (SSSR count). The van der Waals surface area contributed by atoms with E-state index in [9.17, 15) is 9.59 Å². The van der Waals surface area contributed by atoms with Crippen LogP contribution in [0.2, 0.25) is 0 Å². The highest BCUT2D eigenvalue weighted by atomic mass is 32.1. The van der Waals surface area contributed by atoms with Gasteiger partial charge in [0.2, 0.25) is 0 Å². The zero-order chi connectivity index (χ0) is 16.2. The number of nitrogens with zero attached hydrogens (tertiary/aromatic N) is 1. The number of thiocarbonyl (C=S) groups is 1. The van der Waals surface area contributed by atoms with Gasteiger partial charge in [-0.2, -0.15) is 0 Å². The molecule has 5 heteroatoms. The van der Waals surface area contributed by atoms with Crippen LogP contribution in [0, 0.1) is 13.8 Å². The molecule has 114 valence electrons. The highest BCUT2D eigenvalue weighted by Crippen LogP contribution is 2.28. The average molecular weight is 307 g/mol. The lowest BCUT2D eigenvalue weighted by molar-refractivity contribution is -0.141. The predicted octanol–water partition coefficient (Wildman–Crippen LogP) is 2.98. The average Bonchev–Trinajstić information content (AvgIpc) is 2.40. The molecule has 0 aliphatic heterocycles. The number of hydrogen-bond acceptors (Lipinski definition) is 4. The smallest absolute Gasteiger partial charge is 0.328 e. The summed E-state index contributed by atoms with van der Waals surface area (Å²) in [5.74, 6) is -0.420. The molecule has 0 N–H and O–H groups in total. The molecule has 1 aromatic carbocycles. The van der Waals surface area contributed by atoms with Gasteiger partial charge in [-0.25, -0.2) is 4.79 Å². The summed E-state index contributed by atoms with van der Waals surface area (Å²) < 4.78 is 4.82. The zero-order valence-corrected chi connectivity index (χ0v) is 13.9. The first-order valence-electron chi connectivity index (χ1n) is 6.75. The molecule has 1 unspecified atom stereocenters. The topological polar surface area (TPSA) is 46.6 Å². The van der Waals surface area contributed by atoms with E-state index in [1.165, 1.54) is 14.0 Å². The number of anilines is 1. The zero-order valence-electron chi connectivity index (χ0n) is 13.1. The largest absolute Gasteiger partial charge is 0.467 e. The first-order valence-corrected chi connectivity index (χ1v) is 7.16. The second kappa shape index (κ2) is 7.31. The number of Topliss-reactive ketones (excluding diaryl/α,β-unsaturated/α-hetero) is 1. The Balaban J connectivity index is 3.34. The summed E-state index contributed by atoms with van der Waals surface area (Å²) in [4.78, 5) is 25.5. The van der Waals surface area contributed by atoms with Gasteiger partial charge in [-0.05, 0) is 38.8 Å². The summed E-state index contributed by atoms with van der Waals surface area (Å²) in [6, 6.07) is 5.27. The summed E-state index contributed by atoms with van der Waals surface area (Å²) in [6.07, 6.45) is 0.129. The Hall–Kier alpha value is -1.75. The van der Waals surface area contributed by atoms with E-state index in [1.54, 1.807) is 11.8 Å². The van der Waals surface area contributed by atoms with E-state index in [-0.39, 0.29) is 18.2 Å². The molecule has 0 fully saturated rings. The number of methoxy groups -OCH3 is 1. The Labute approximate surface area is 131 Å². The molecule has 1 atom stereocenters. The second-order valence-electron chi connectivity index (χ2n) is 5.08. The third kappa shape index (κ3) is 4.11. The van der Waals surface area contributed by atoms with Crippen LogP contribution in [-0.2, 0) is 14.3 Å². The van der Waals surface area contributed by atoms with Crippen molar-refractivity contribution in [3.63, 3.8) is 0 Å². The minimum absolute atomic E-state index is 0.0340. The van der Waals surface area contributed by atoms with Crippen molar-refractivity contribution >= 4 is 34.6 Å². The monoisotopic (exact) mass is 307 g/mol. The Morgan fingerprint density at radius 1 is 1.29 bits per heavy atom. The number of para-hydroxylation sites is 1. The van der Waals surface area contributed by atoms with Gasteiger partial charge in [0, 0.05) is 5.69 Å². The van der Waals surface area contributed by atoms with Crippen molar-refractivity contribution in [3.05, 3.63) is 29.3 Å². The fraction of sp³-hybridized carbons (Fsp3) is 0.438. The lowest BCUT2D eigenvalue weighted by Crippen LogP contribution is -2.44. The van der Waals surface area contributed by atoms with E-state index >= 15 is 0 Å². The van der Waals surface area contributed by atoms with Gasteiger partial charge < -0.3 is 9.64 Å². The third-order valence-corrected chi connectivity index (χ3v) is 3.62. The number of hydrogen-bond donors (Lipinski definition) is 0. The van der Waals surface area contributed by atoms with Crippen molar-refractivity contribution < 1.29 is 14.3 Å². The molecular formula is C16H21NO3S. The van der Waals surface area contributed by atoms with E-state index in [1.807, 2.05) is 32.0 Å². The van der Waals surface area contributed by atoms with Crippen LogP contribution in [0.25, 0.3) is 0 Å². The van der Waals surface area contributed by atoms with E-state index in [0.29, 0.717) is 4.99 Å². The fourth-order valence-corrected chi connectivity index (χ4v) is 2.75. The van der Waals surface area contributed by atoms with Gasteiger partial charge >= 0.3 is 5.97 Å². The number of carbonyl (C=O) groups excluding carboxylic acids is 2. The minimum atomic E-state index is -0.582. The minimum Gasteiger partial charge on any atom is -0.467 e. The highest BCUT2D eigenvalue weighted by molar-refractivity contribution is 7.80. The number of benzene rings is 1. The van der Waals surface area contributed by atoms with Gasteiger partial charge in [0.05, 0.1) is 18.5 Å². The SMILES string of the molecule is COC(=O)C(C)N(C(=S)CC(C)=O)c1c(C)cccc1C. The maximum atomic E-state index is 11.9. The van der Waals surface area contributed by atoms with Gasteiger partial charge in [0.1, 0.15) is 11.8 Å². The van der Waals surface area contributed by atoms with Crippen LogP contribution in [-0.4, -0.2) is 29.9 Å². The van der Waals surface area contributed by atoms with Crippen LogP contribution >= 0.6 is 12.2 Å². The Kier molecular flexibility index (Phi) is 6.03. The predicted molar refractivity (Wildman–Crippen MR) is 87.8 cm³/mol. The Morgan fingerprint density at radius 3 is 2.24 bits per heavy atom. The maximum absolute atomic E-state index is 11.9. The van der Waals surface area contributed by atoms with Gasteiger partial charge in [-0.15, -0.1) is 0 Å². The summed E-state index contributed by atoms with van der Waals surface area (Å²) in [6.45, 7) is 7.12. The van der Waals surface area contributed by atoms with Crippen LogP contribution in [0.4, 0.5) is 5.69 Å². The lowest BCUT2D eigenvalue weighted by atomic mass is 10.1. The number of aryl methyl sites for hydroxylation is 2. The number of carbonyl (C=O) groups is 2.